The molecule has 0 aliphatic rings. The molecule has 0 fully saturated rings. The fourth-order valence-corrected chi connectivity index (χ4v) is 3.60. The second kappa shape index (κ2) is 8.76. The van der Waals surface area contributed by atoms with Crippen molar-refractivity contribution in [3.05, 3.63) is 23.4 Å². The molecule has 0 bridgehead atoms. The van der Waals surface area contributed by atoms with Crippen LogP contribution in [0.4, 0.5) is 0 Å². The number of unbranched alkanes of at least 4 members (excludes halogenated alkanes) is 1. The average Bonchev–Trinajstić information content (AvgIpc) is 2.36. The minimum Gasteiger partial charge on any atom is -0.394 e. The van der Waals surface area contributed by atoms with Crippen molar-refractivity contribution in [3.8, 4) is 0 Å². The van der Waals surface area contributed by atoms with Gasteiger partial charge in [-0.1, -0.05) is 20.3 Å². The number of pyridine rings is 1. The van der Waals surface area contributed by atoms with Gasteiger partial charge in [0.15, 0.2) is 0 Å². The Labute approximate surface area is 133 Å². The largest absolute Gasteiger partial charge is 0.394 e. The van der Waals surface area contributed by atoms with E-state index in [1.165, 1.54) is 5.56 Å². The van der Waals surface area contributed by atoms with Crippen LogP contribution in [0.2, 0.25) is 0 Å². The van der Waals surface area contributed by atoms with E-state index in [2.05, 4.69) is 50.1 Å². The maximum absolute atomic E-state index is 9.55. The summed E-state index contributed by atoms with van der Waals surface area (Å²) in [7, 11) is 0. The second-order valence-corrected chi connectivity index (χ2v) is 7.56. The molecular formula is C17H30N2OS. The number of aryl methyl sites for hydroxylation is 2. The van der Waals surface area contributed by atoms with E-state index in [1.54, 1.807) is 0 Å². The molecule has 120 valence electrons. The number of nitrogens with one attached hydrogen (secondary N) is 1. The van der Waals surface area contributed by atoms with Crippen LogP contribution in [0.15, 0.2) is 17.2 Å². The smallest absolute Gasteiger partial charge is 0.0965 e. The predicted octanol–water partition coefficient (Wildman–Crippen LogP) is 3.71. The van der Waals surface area contributed by atoms with Gasteiger partial charge in [-0.2, -0.15) is 0 Å². The monoisotopic (exact) mass is 310 g/mol. The lowest BCUT2D eigenvalue weighted by molar-refractivity contribution is 0.154. The van der Waals surface area contributed by atoms with Crippen molar-refractivity contribution in [2.45, 2.75) is 70.5 Å². The third kappa shape index (κ3) is 7.30. The number of thioether (sulfide) groups is 1. The molecule has 0 amide bonds. The summed E-state index contributed by atoms with van der Waals surface area (Å²) < 4.78 is 0. The Morgan fingerprint density at radius 2 is 2.00 bits per heavy atom. The highest BCUT2D eigenvalue weighted by molar-refractivity contribution is 7.99. The van der Waals surface area contributed by atoms with Gasteiger partial charge in [0.2, 0.25) is 0 Å². The van der Waals surface area contributed by atoms with Gasteiger partial charge in [0.05, 0.1) is 11.6 Å². The van der Waals surface area contributed by atoms with Crippen molar-refractivity contribution in [3.63, 3.8) is 0 Å². The first-order valence-corrected chi connectivity index (χ1v) is 8.80. The Kier molecular flexibility index (Phi) is 7.71. The topological polar surface area (TPSA) is 45.2 Å². The number of rotatable bonds is 9. The van der Waals surface area contributed by atoms with Crippen LogP contribution in [0, 0.1) is 13.8 Å². The molecule has 21 heavy (non-hydrogen) atoms. The van der Waals surface area contributed by atoms with E-state index in [-0.39, 0.29) is 12.1 Å². The molecule has 0 radical (unpaired) electrons. The van der Waals surface area contributed by atoms with E-state index < -0.39 is 0 Å². The van der Waals surface area contributed by atoms with Crippen molar-refractivity contribution < 1.29 is 5.11 Å². The lowest BCUT2D eigenvalue weighted by atomic mass is 9.95. The third-order valence-electron chi connectivity index (χ3n) is 3.43. The lowest BCUT2D eigenvalue weighted by Crippen LogP contribution is -2.49. The van der Waals surface area contributed by atoms with Crippen molar-refractivity contribution >= 4 is 11.8 Å². The normalized spacial score (nSPS) is 14.4. The summed E-state index contributed by atoms with van der Waals surface area (Å²) in [5, 5.41) is 14.1. The molecule has 1 rings (SSSR count). The van der Waals surface area contributed by atoms with Gasteiger partial charge in [0.25, 0.3) is 0 Å². The molecule has 0 saturated heterocycles. The zero-order valence-electron chi connectivity index (χ0n) is 14.1. The van der Waals surface area contributed by atoms with Gasteiger partial charge >= 0.3 is 0 Å². The number of aliphatic hydroxyl groups is 1. The van der Waals surface area contributed by atoms with Gasteiger partial charge in [-0.15, -0.1) is 11.8 Å². The number of hydrogen-bond acceptors (Lipinski definition) is 4. The van der Waals surface area contributed by atoms with Crippen LogP contribution in [-0.4, -0.2) is 34.0 Å². The first-order valence-electron chi connectivity index (χ1n) is 7.81. The minimum absolute atomic E-state index is 0.156. The van der Waals surface area contributed by atoms with Crippen molar-refractivity contribution in [2.24, 2.45) is 0 Å². The molecular weight excluding hydrogens is 280 g/mol. The van der Waals surface area contributed by atoms with Crippen LogP contribution in [0.25, 0.3) is 0 Å². The van der Waals surface area contributed by atoms with Gasteiger partial charge in [-0.25, -0.2) is 4.98 Å². The quantitative estimate of drug-likeness (QED) is 0.539. The molecule has 1 heterocycles. The zero-order valence-corrected chi connectivity index (χ0v) is 14.9. The molecule has 0 aromatic carbocycles. The van der Waals surface area contributed by atoms with E-state index >= 15 is 0 Å². The van der Waals surface area contributed by atoms with Gasteiger partial charge in [0, 0.05) is 17.3 Å². The number of aromatic nitrogens is 1. The van der Waals surface area contributed by atoms with Gasteiger partial charge in [0.1, 0.15) is 0 Å². The van der Waals surface area contributed by atoms with E-state index in [9.17, 15) is 5.11 Å². The first-order chi connectivity index (χ1) is 9.84. The Morgan fingerprint density at radius 3 is 2.57 bits per heavy atom. The van der Waals surface area contributed by atoms with Crippen molar-refractivity contribution in [2.75, 3.05) is 12.4 Å². The summed E-state index contributed by atoms with van der Waals surface area (Å²) in [5.41, 5.74) is 2.21. The van der Waals surface area contributed by atoms with E-state index in [0.717, 1.165) is 35.7 Å². The molecule has 0 aliphatic carbocycles. The second-order valence-electron chi connectivity index (χ2n) is 6.45. The van der Waals surface area contributed by atoms with Gasteiger partial charge in [-0.3, -0.25) is 0 Å². The van der Waals surface area contributed by atoms with Crippen LogP contribution in [0.3, 0.4) is 0 Å². The molecule has 1 aromatic heterocycles. The Morgan fingerprint density at radius 1 is 1.29 bits per heavy atom. The Hall–Kier alpha value is -0.580. The SMILES string of the molecule is Cc1cc(C)nc(SCCCCC(C)(CO)NC(C)C)c1. The maximum Gasteiger partial charge on any atom is 0.0965 e. The summed E-state index contributed by atoms with van der Waals surface area (Å²) in [6.07, 6.45) is 3.27. The molecule has 2 N–H and O–H groups in total. The summed E-state index contributed by atoms with van der Waals surface area (Å²) in [6.45, 7) is 10.7. The van der Waals surface area contributed by atoms with Crippen LogP contribution in [-0.2, 0) is 0 Å². The van der Waals surface area contributed by atoms with Gasteiger partial charge < -0.3 is 10.4 Å². The molecule has 1 unspecified atom stereocenters. The van der Waals surface area contributed by atoms with E-state index in [4.69, 9.17) is 0 Å². The van der Waals surface area contributed by atoms with Crippen LogP contribution >= 0.6 is 11.8 Å². The molecule has 1 atom stereocenters. The van der Waals surface area contributed by atoms with Crippen LogP contribution in [0.5, 0.6) is 0 Å². The summed E-state index contributed by atoms with van der Waals surface area (Å²) >= 11 is 1.83. The number of nitrogens with zero attached hydrogens (tertiary/aromatic N) is 1. The third-order valence-corrected chi connectivity index (χ3v) is 4.43. The average molecular weight is 311 g/mol. The molecule has 1 aromatic rings. The molecule has 4 heteroatoms. The standard InChI is InChI=1S/C17H30N2OS/c1-13(2)19-17(5,12-20)8-6-7-9-21-16-11-14(3)10-15(4)18-16/h10-11,13,19-20H,6-9,12H2,1-5H3. The van der Waals surface area contributed by atoms with E-state index in [1.807, 2.05) is 18.7 Å². The lowest BCUT2D eigenvalue weighted by Gasteiger charge is -2.31. The van der Waals surface area contributed by atoms with E-state index in [0.29, 0.717) is 6.04 Å². The van der Waals surface area contributed by atoms with Crippen LogP contribution in [0.1, 0.15) is 51.3 Å². The highest BCUT2D eigenvalue weighted by atomic mass is 32.2. The predicted molar refractivity (Wildman–Crippen MR) is 92.0 cm³/mol. The zero-order chi connectivity index (χ0) is 15.9. The molecule has 0 saturated carbocycles. The Bertz CT molecular complexity index is 417. The van der Waals surface area contributed by atoms with Crippen LogP contribution < -0.4 is 5.32 Å². The highest BCUT2D eigenvalue weighted by Crippen LogP contribution is 2.21. The van der Waals surface area contributed by atoms with Crippen molar-refractivity contribution in [1.82, 2.24) is 10.3 Å². The van der Waals surface area contributed by atoms with Crippen molar-refractivity contribution in [1.29, 1.82) is 0 Å². The first kappa shape index (κ1) is 18.5. The number of hydrogen-bond donors (Lipinski definition) is 2. The Balaban J connectivity index is 2.30. The molecule has 3 nitrogen and oxygen atoms in total. The summed E-state index contributed by atoms with van der Waals surface area (Å²) in [4.78, 5) is 4.55. The summed E-state index contributed by atoms with van der Waals surface area (Å²) in [6, 6.07) is 4.65. The molecule has 0 aliphatic heterocycles. The fraction of sp³-hybridized carbons (Fsp3) is 0.706. The number of aliphatic hydroxyl groups excluding tert-OH is 1. The highest BCUT2D eigenvalue weighted by Gasteiger charge is 2.22. The molecule has 0 spiro atoms. The minimum atomic E-state index is -0.156. The van der Waals surface area contributed by atoms with Gasteiger partial charge in [-0.05, 0) is 57.1 Å². The maximum atomic E-state index is 9.55. The fourth-order valence-electron chi connectivity index (χ4n) is 2.57. The summed E-state index contributed by atoms with van der Waals surface area (Å²) in [5.74, 6) is 1.08.